The topological polar surface area (TPSA) is 76.1 Å². The van der Waals surface area contributed by atoms with E-state index in [1.807, 2.05) is 31.2 Å². The second kappa shape index (κ2) is 7.38. The maximum atomic E-state index is 12.4. The van der Waals surface area contributed by atoms with Crippen LogP contribution >= 0.6 is 0 Å². The van der Waals surface area contributed by atoms with Crippen LogP contribution in [0, 0.1) is 0 Å². The van der Waals surface area contributed by atoms with Crippen LogP contribution in [0.5, 0.6) is 11.5 Å². The smallest absolute Gasteiger partial charge is 0.329 e. The molecule has 0 spiro atoms. The minimum absolute atomic E-state index is 0.220. The van der Waals surface area contributed by atoms with Crippen LogP contribution in [-0.2, 0) is 9.59 Å². The highest BCUT2D eigenvalue weighted by Gasteiger charge is 2.45. The largest absolute Gasteiger partial charge is 0.493 e. The van der Waals surface area contributed by atoms with Gasteiger partial charge in [-0.15, -0.1) is 0 Å². The summed E-state index contributed by atoms with van der Waals surface area (Å²) in [5.74, 6) is -0.338. The number of aliphatic carboxylic acids is 1. The van der Waals surface area contributed by atoms with E-state index in [1.165, 1.54) is 12.0 Å². The van der Waals surface area contributed by atoms with Crippen molar-refractivity contribution >= 4 is 18.0 Å². The van der Waals surface area contributed by atoms with E-state index in [2.05, 4.69) is 0 Å². The zero-order valence-corrected chi connectivity index (χ0v) is 14.2. The lowest BCUT2D eigenvalue weighted by Crippen LogP contribution is -2.52. The van der Waals surface area contributed by atoms with Crippen LogP contribution in [0.25, 0.3) is 6.08 Å². The van der Waals surface area contributed by atoms with E-state index in [9.17, 15) is 14.7 Å². The van der Waals surface area contributed by atoms with Crippen LogP contribution < -0.4 is 9.47 Å². The fraction of sp³-hybridized carbons (Fsp3) is 0.444. The molecule has 1 fully saturated rings. The molecule has 1 N–H and O–H groups in total. The van der Waals surface area contributed by atoms with E-state index in [4.69, 9.17) is 9.47 Å². The Morgan fingerprint density at radius 1 is 1.38 bits per heavy atom. The number of hydrogen-bond acceptors (Lipinski definition) is 4. The highest BCUT2D eigenvalue weighted by Crippen LogP contribution is 2.31. The summed E-state index contributed by atoms with van der Waals surface area (Å²) in [6, 6.07) is 5.42. The molecule has 0 aromatic heterocycles. The number of nitrogens with zero attached hydrogens (tertiary/aromatic N) is 1. The first-order valence-electron chi connectivity index (χ1n) is 7.89. The number of carboxylic acids is 1. The fourth-order valence-corrected chi connectivity index (χ4v) is 2.90. The molecule has 1 aliphatic heterocycles. The summed E-state index contributed by atoms with van der Waals surface area (Å²) >= 11 is 0. The van der Waals surface area contributed by atoms with Crippen molar-refractivity contribution in [3.05, 3.63) is 29.8 Å². The average Bonchev–Trinajstić information content (AvgIpc) is 2.97. The average molecular weight is 333 g/mol. The molecule has 6 heteroatoms. The molecule has 1 aromatic carbocycles. The third kappa shape index (κ3) is 3.53. The Kier molecular flexibility index (Phi) is 5.49. The zero-order chi connectivity index (χ0) is 17.7. The van der Waals surface area contributed by atoms with Crippen molar-refractivity contribution in [2.24, 2.45) is 0 Å². The Morgan fingerprint density at radius 3 is 2.75 bits per heavy atom. The summed E-state index contributed by atoms with van der Waals surface area (Å²) in [6.45, 7) is 3.71. The monoisotopic (exact) mass is 333 g/mol. The molecule has 1 aromatic rings. The third-order valence-corrected chi connectivity index (χ3v) is 4.30. The number of allylic oxidation sites excluding steroid dienone is 1. The van der Waals surface area contributed by atoms with Crippen molar-refractivity contribution in [1.29, 1.82) is 0 Å². The summed E-state index contributed by atoms with van der Waals surface area (Å²) < 4.78 is 10.9. The number of hydrogen-bond donors (Lipinski definition) is 1. The van der Waals surface area contributed by atoms with Crippen LogP contribution in [0.15, 0.2) is 24.3 Å². The summed E-state index contributed by atoms with van der Waals surface area (Å²) in [5.41, 5.74) is -0.189. The molecular weight excluding hydrogens is 310 g/mol. The molecule has 1 saturated heterocycles. The molecule has 1 heterocycles. The second-order valence-electron chi connectivity index (χ2n) is 5.93. The summed E-state index contributed by atoms with van der Waals surface area (Å²) in [4.78, 5) is 25.2. The normalized spacial score (nSPS) is 20.4. The summed E-state index contributed by atoms with van der Waals surface area (Å²) in [6.07, 6.45) is 4.98. The third-order valence-electron chi connectivity index (χ3n) is 4.30. The number of amides is 1. The quantitative estimate of drug-likeness (QED) is 0.866. The lowest BCUT2D eigenvalue weighted by atomic mass is 9.99. The first-order chi connectivity index (χ1) is 11.4. The van der Waals surface area contributed by atoms with Crippen molar-refractivity contribution in [2.45, 2.75) is 32.2 Å². The molecule has 0 aliphatic carbocycles. The van der Waals surface area contributed by atoms with Gasteiger partial charge in [-0.3, -0.25) is 4.79 Å². The van der Waals surface area contributed by atoms with Gasteiger partial charge in [-0.1, -0.05) is 18.2 Å². The number of benzene rings is 1. The lowest BCUT2D eigenvalue weighted by Gasteiger charge is -2.31. The molecule has 0 saturated carbocycles. The zero-order valence-electron chi connectivity index (χ0n) is 14.2. The Morgan fingerprint density at radius 2 is 2.12 bits per heavy atom. The number of carboxylic acid groups (broad SMARTS) is 1. The van der Waals surface area contributed by atoms with Gasteiger partial charge in [0, 0.05) is 6.54 Å². The predicted octanol–water partition coefficient (Wildman–Crippen LogP) is 2.57. The summed E-state index contributed by atoms with van der Waals surface area (Å²) in [7, 11) is 1.53. The van der Waals surface area contributed by atoms with Gasteiger partial charge in [0.2, 0.25) is 0 Å². The minimum atomic E-state index is -1.15. The second-order valence-corrected chi connectivity index (χ2v) is 5.93. The van der Waals surface area contributed by atoms with Gasteiger partial charge in [0.05, 0.1) is 7.11 Å². The Balaban J connectivity index is 2.08. The molecule has 0 radical (unpaired) electrons. The minimum Gasteiger partial charge on any atom is -0.493 e. The SMILES string of the molecule is C/C=C/c1ccc(OCC(=O)N2CCCC2(C)C(=O)O)c(OC)c1. The predicted molar refractivity (Wildman–Crippen MR) is 90.2 cm³/mol. The van der Waals surface area contributed by atoms with Gasteiger partial charge in [-0.05, 0) is 44.4 Å². The first kappa shape index (κ1) is 17.8. The Hall–Kier alpha value is -2.50. The standard InChI is InChI=1S/C18H23NO5/c1-4-6-13-7-8-14(15(11-13)23-3)24-12-16(20)19-10-5-9-18(19,2)17(21)22/h4,6-8,11H,5,9-10,12H2,1-3H3,(H,21,22)/b6-4+. The van der Waals surface area contributed by atoms with Crippen LogP contribution in [0.2, 0.25) is 0 Å². The lowest BCUT2D eigenvalue weighted by molar-refractivity contribution is -0.156. The molecule has 24 heavy (non-hydrogen) atoms. The van der Waals surface area contributed by atoms with Gasteiger partial charge in [0.25, 0.3) is 5.91 Å². The number of ether oxygens (including phenoxy) is 2. The molecule has 1 atom stereocenters. The van der Waals surface area contributed by atoms with Gasteiger partial charge in [0.1, 0.15) is 5.54 Å². The van der Waals surface area contributed by atoms with Crippen LogP contribution in [0.3, 0.4) is 0 Å². The maximum Gasteiger partial charge on any atom is 0.329 e. The highest BCUT2D eigenvalue weighted by atomic mass is 16.5. The van der Waals surface area contributed by atoms with Gasteiger partial charge >= 0.3 is 5.97 Å². The van der Waals surface area contributed by atoms with Crippen LogP contribution in [0.1, 0.15) is 32.3 Å². The number of carbonyl (C=O) groups is 2. The first-order valence-corrected chi connectivity index (χ1v) is 7.89. The molecule has 6 nitrogen and oxygen atoms in total. The summed E-state index contributed by atoms with van der Waals surface area (Å²) in [5, 5.41) is 9.38. The molecule has 1 unspecified atom stereocenters. The molecule has 2 rings (SSSR count). The molecular formula is C18H23NO5. The van der Waals surface area contributed by atoms with E-state index < -0.39 is 11.5 Å². The van der Waals surface area contributed by atoms with Gasteiger partial charge in [-0.25, -0.2) is 4.79 Å². The molecule has 130 valence electrons. The van der Waals surface area contributed by atoms with Crippen molar-refractivity contribution in [3.63, 3.8) is 0 Å². The van der Waals surface area contributed by atoms with Crippen molar-refractivity contribution in [3.8, 4) is 11.5 Å². The van der Waals surface area contributed by atoms with Gasteiger partial charge in [0.15, 0.2) is 18.1 Å². The Bertz CT molecular complexity index is 655. The van der Waals surface area contributed by atoms with E-state index in [0.717, 1.165) is 5.56 Å². The Labute approximate surface area is 141 Å². The van der Waals surface area contributed by atoms with E-state index in [-0.39, 0.29) is 12.5 Å². The maximum absolute atomic E-state index is 12.4. The molecule has 1 amide bonds. The number of methoxy groups -OCH3 is 1. The molecule has 1 aliphatic rings. The van der Waals surface area contributed by atoms with Crippen LogP contribution in [-0.4, -0.2) is 47.7 Å². The van der Waals surface area contributed by atoms with Gasteiger partial charge in [-0.2, -0.15) is 0 Å². The number of likely N-dealkylation sites (tertiary alicyclic amines) is 1. The fourth-order valence-electron chi connectivity index (χ4n) is 2.90. The van der Waals surface area contributed by atoms with Gasteiger partial charge < -0.3 is 19.5 Å². The highest BCUT2D eigenvalue weighted by molar-refractivity contribution is 5.88. The van der Waals surface area contributed by atoms with E-state index in [1.54, 1.807) is 13.0 Å². The van der Waals surface area contributed by atoms with Crippen molar-refractivity contribution in [2.75, 3.05) is 20.3 Å². The number of rotatable bonds is 6. The van der Waals surface area contributed by atoms with Crippen LogP contribution in [0.4, 0.5) is 0 Å². The van der Waals surface area contributed by atoms with E-state index in [0.29, 0.717) is 30.9 Å². The van der Waals surface area contributed by atoms with E-state index >= 15 is 0 Å². The van der Waals surface area contributed by atoms with Crippen molar-refractivity contribution < 1.29 is 24.2 Å². The number of carbonyl (C=O) groups excluding carboxylic acids is 1. The van der Waals surface area contributed by atoms with Crippen molar-refractivity contribution in [1.82, 2.24) is 4.90 Å². The molecule has 0 bridgehead atoms.